The molecule has 0 unspecified atom stereocenters. The van der Waals surface area contributed by atoms with Gasteiger partial charge in [0.15, 0.2) is 0 Å². The van der Waals surface area contributed by atoms with E-state index in [0.717, 1.165) is 38.8 Å². The largest absolute Gasteiger partial charge is 0.461 e. The lowest BCUT2D eigenvalue weighted by Crippen LogP contribution is -2.01. The highest BCUT2D eigenvalue weighted by atomic mass is 16.5. The maximum atomic E-state index is 9.14. The molecule has 0 saturated heterocycles. The first kappa shape index (κ1) is 13.6. The van der Waals surface area contributed by atoms with Crippen LogP contribution in [0.5, 0.6) is 0 Å². The zero-order valence-electron chi connectivity index (χ0n) is 12.8. The van der Waals surface area contributed by atoms with E-state index < -0.39 is 0 Å². The summed E-state index contributed by atoms with van der Waals surface area (Å²) < 4.78 is 11.4. The van der Waals surface area contributed by atoms with Crippen LogP contribution in [-0.2, 0) is 0 Å². The molecule has 4 heteroatoms. The van der Waals surface area contributed by atoms with E-state index in [1.165, 1.54) is 0 Å². The Morgan fingerprint density at radius 2 is 1.61 bits per heavy atom. The number of hydrogen-bond donors (Lipinski definition) is 1. The fourth-order valence-corrected chi connectivity index (χ4v) is 2.91. The average Bonchev–Trinajstić information content (AvgIpc) is 2.86. The van der Waals surface area contributed by atoms with Crippen LogP contribution in [0.2, 0.25) is 0 Å². The van der Waals surface area contributed by atoms with E-state index in [9.17, 15) is 0 Å². The Labute approximate surface area is 132 Å². The molecule has 0 aliphatic heterocycles. The number of rotatable bonds is 1. The van der Waals surface area contributed by atoms with Gasteiger partial charge in [-0.25, -0.2) is 0 Å². The zero-order valence-corrected chi connectivity index (χ0v) is 12.8. The molecule has 0 fully saturated rings. The highest BCUT2D eigenvalue weighted by molar-refractivity contribution is 6.02. The Balaban J connectivity index is 2.17. The molecule has 114 valence electrons. The molecule has 0 spiro atoms. The molecule has 23 heavy (non-hydrogen) atoms. The molecule has 0 bridgehead atoms. The molecular formula is C19H15NO3. The molecule has 0 aliphatic rings. The minimum Gasteiger partial charge on any atom is -0.461 e. The van der Waals surface area contributed by atoms with Crippen molar-refractivity contribution in [1.82, 2.24) is 0 Å². The van der Waals surface area contributed by atoms with Crippen molar-refractivity contribution in [3.05, 3.63) is 65.4 Å². The fourth-order valence-electron chi connectivity index (χ4n) is 2.91. The van der Waals surface area contributed by atoms with Gasteiger partial charge in [0.1, 0.15) is 16.9 Å². The summed E-state index contributed by atoms with van der Waals surface area (Å²) in [6.45, 7) is 3.99. The topological polar surface area (TPSA) is 58.9 Å². The second-order valence-corrected chi connectivity index (χ2v) is 5.59. The number of hydrogen-bond acceptors (Lipinski definition) is 4. The zero-order chi connectivity index (χ0) is 16.0. The quantitative estimate of drug-likeness (QED) is 0.407. The van der Waals surface area contributed by atoms with Gasteiger partial charge in [-0.15, -0.1) is 0 Å². The lowest BCUT2D eigenvalue weighted by atomic mass is 10.0. The van der Waals surface area contributed by atoms with Crippen LogP contribution >= 0.6 is 0 Å². The van der Waals surface area contributed by atoms with Gasteiger partial charge in [0.2, 0.25) is 0 Å². The summed E-state index contributed by atoms with van der Waals surface area (Å²) >= 11 is 0. The third kappa shape index (κ3) is 2.11. The number of furan rings is 1. The Morgan fingerprint density at radius 1 is 0.870 bits per heavy atom. The second kappa shape index (κ2) is 5.02. The molecule has 4 aromatic rings. The van der Waals surface area contributed by atoms with Gasteiger partial charge >= 0.3 is 0 Å². The molecule has 0 aliphatic carbocycles. The summed E-state index contributed by atoms with van der Waals surface area (Å²) in [5.41, 5.74) is 4.67. The minimum absolute atomic E-state index is 0.163. The molecular weight excluding hydrogens is 290 g/mol. The van der Waals surface area contributed by atoms with Crippen molar-refractivity contribution >= 4 is 21.9 Å². The average molecular weight is 305 g/mol. The highest BCUT2D eigenvalue weighted by Crippen LogP contribution is 2.33. The van der Waals surface area contributed by atoms with Gasteiger partial charge in [0.25, 0.3) is 5.55 Å². The first-order valence-electron chi connectivity index (χ1n) is 7.38. The summed E-state index contributed by atoms with van der Waals surface area (Å²) in [6, 6.07) is 15.6. The van der Waals surface area contributed by atoms with Crippen LogP contribution in [0.25, 0.3) is 33.1 Å². The SMILES string of the molecule is Cc1oc2cc3o/c(=N\O)cc(-c4ccccc4)c3cc2c1C. The van der Waals surface area contributed by atoms with E-state index in [0.29, 0.717) is 5.58 Å². The van der Waals surface area contributed by atoms with Crippen molar-refractivity contribution in [3.63, 3.8) is 0 Å². The fraction of sp³-hybridized carbons (Fsp3) is 0.105. The van der Waals surface area contributed by atoms with Gasteiger partial charge in [-0.05, 0) is 41.8 Å². The van der Waals surface area contributed by atoms with E-state index in [1.54, 1.807) is 6.07 Å². The minimum atomic E-state index is 0.163. The summed E-state index contributed by atoms with van der Waals surface area (Å²) in [5, 5.41) is 14.4. The van der Waals surface area contributed by atoms with Crippen molar-refractivity contribution in [2.45, 2.75) is 13.8 Å². The van der Waals surface area contributed by atoms with Gasteiger partial charge in [-0.1, -0.05) is 30.3 Å². The molecule has 0 atom stereocenters. The molecule has 1 N–H and O–H groups in total. The van der Waals surface area contributed by atoms with Gasteiger partial charge < -0.3 is 14.0 Å². The van der Waals surface area contributed by atoms with E-state index >= 15 is 0 Å². The van der Waals surface area contributed by atoms with E-state index in [1.807, 2.05) is 50.2 Å². The molecule has 0 saturated carbocycles. The summed E-state index contributed by atoms with van der Waals surface area (Å²) in [7, 11) is 0. The Kier molecular flexibility index (Phi) is 2.98. The summed E-state index contributed by atoms with van der Waals surface area (Å²) in [5.74, 6) is 0.892. The second-order valence-electron chi connectivity index (χ2n) is 5.59. The van der Waals surface area contributed by atoms with Crippen molar-refractivity contribution in [2.75, 3.05) is 0 Å². The van der Waals surface area contributed by atoms with Crippen molar-refractivity contribution in [2.24, 2.45) is 5.16 Å². The molecule has 2 heterocycles. The summed E-state index contributed by atoms with van der Waals surface area (Å²) in [4.78, 5) is 0. The van der Waals surface area contributed by atoms with Crippen molar-refractivity contribution in [1.29, 1.82) is 0 Å². The third-order valence-corrected chi connectivity index (χ3v) is 4.23. The third-order valence-electron chi connectivity index (χ3n) is 4.23. The molecule has 0 radical (unpaired) electrons. The van der Waals surface area contributed by atoms with Crippen LogP contribution < -0.4 is 5.55 Å². The highest BCUT2D eigenvalue weighted by Gasteiger charge is 2.13. The van der Waals surface area contributed by atoms with E-state index in [-0.39, 0.29) is 5.55 Å². The van der Waals surface area contributed by atoms with Gasteiger partial charge in [0, 0.05) is 22.9 Å². The predicted molar refractivity (Wildman–Crippen MR) is 88.2 cm³/mol. The van der Waals surface area contributed by atoms with Crippen LogP contribution in [0.4, 0.5) is 0 Å². The summed E-state index contributed by atoms with van der Waals surface area (Å²) in [6.07, 6.45) is 0. The molecule has 0 amide bonds. The number of aryl methyl sites for hydroxylation is 2. The number of nitrogens with zero attached hydrogens (tertiary/aromatic N) is 1. The first-order valence-corrected chi connectivity index (χ1v) is 7.38. The maximum absolute atomic E-state index is 9.14. The van der Waals surface area contributed by atoms with E-state index in [2.05, 4.69) is 11.2 Å². The van der Waals surface area contributed by atoms with Crippen LogP contribution in [0.1, 0.15) is 11.3 Å². The van der Waals surface area contributed by atoms with E-state index in [4.69, 9.17) is 14.0 Å². The molecule has 2 aromatic heterocycles. The molecule has 4 rings (SSSR count). The maximum Gasteiger partial charge on any atom is 0.256 e. The Morgan fingerprint density at radius 3 is 2.35 bits per heavy atom. The van der Waals surface area contributed by atoms with Crippen LogP contribution in [-0.4, -0.2) is 5.21 Å². The predicted octanol–water partition coefficient (Wildman–Crippen LogP) is 4.75. The molecule has 4 nitrogen and oxygen atoms in total. The smallest absolute Gasteiger partial charge is 0.256 e. The van der Waals surface area contributed by atoms with Crippen molar-refractivity contribution in [3.8, 4) is 11.1 Å². The van der Waals surface area contributed by atoms with Crippen molar-refractivity contribution < 1.29 is 14.0 Å². The Bertz CT molecular complexity index is 1090. The normalized spacial score (nSPS) is 12.3. The van der Waals surface area contributed by atoms with Gasteiger partial charge in [-0.3, -0.25) is 0 Å². The monoisotopic (exact) mass is 305 g/mol. The molecule has 2 aromatic carbocycles. The Hall–Kier alpha value is -3.01. The number of fused-ring (bicyclic) bond motifs is 2. The van der Waals surface area contributed by atoms with Crippen LogP contribution in [0.3, 0.4) is 0 Å². The van der Waals surface area contributed by atoms with Crippen LogP contribution in [0, 0.1) is 13.8 Å². The van der Waals surface area contributed by atoms with Gasteiger partial charge in [0.05, 0.1) is 0 Å². The van der Waals surface area contributed by atoms with Gasteiger partial charge in [-0.2, -0.15) is 0 Å². The standard InChI is InChI=1S/C19H15NO3/c1-11-12(2)22-17-10-18-16(8-14(11)17)15(9-19(20-21)23-18)13-6-4-3-5-7-13/h3-10,21H,1-2H3/b20-19-. The first-order chi connectivity index (χ1) is 11.2. The number of benzene rings is 2. The van der Waals surface area contributed by atoms with Crippen LogP contribution in [0.15, 0.2) is 62.5 Å². The lowest BCUT2D eigenvalue weighted by Gasteiger charge is -2.06. The lowest BCUT2D eigenvalue weighted by molar-refractivity contribution is 0.277.